The van der Waals surface area contributed by atoms with Crippen LogP contribution in [-0.2, 0) is 0 Å². The van der Waals surface area contributed by atoms with Crippen molar-refractivity contribution in [2.75, 3.05) is 5.73 Å². The summed E-state index contributed by atoms with van der Waals surface area (Å²) in [5.74, 6) is -0.695. The first kappa shape index (κ1) is 10.7. The standard InChI is InChI=1S/C8H4BrFN4O2/c9-8-5(10)7-3(1-13-8)6(11)4(2-12-7)14(15)16/h1-2H,(H2,11,12). The second kappa shape index (κ2) is 3.63. The lowest BCUT2D eigenvalue weighted by Gasteiger charge is -2.03. The summed E-state index contributed by atoms with van der Waals surface area (Å²) < 4.78 is 13.5. The summed E-state index contributed by atoms with van der Waals surface area (Å²) in [7, 11) is 0. The molecule has 0 radical (unpaired) electrons. The lowest BCUT2D eigenvalue weighted by Crippen LogP contribution is -2.00. The van der Waals surface area contributed by atoms with Crippen LogP contribution < -0.4 is 5.73 Å². The third-order valence-corrected chi connectivity index (χ3v) is 2.58. The van der Waals surface area contributed by atoms with Gasteiger partial charge in [0.15, 0.2) is 5.82 Å². The molecule has 2 N–H and O–H groups in total. The van der Waals surface area contributed by atoms with E-state index in [9.17, 15) is 14.5 Å². The number of nitro groups is 1. The molecule has 0 saturated carbocycles. The highest BCUT2D eigenvalue weighted by Crippen LogP contribution is 2.30. The van der Waals surface area contributed by atoms with Crippen molar-refractivity contribution in [3.63, 3.8) is 0 Å². The SMILES string of the molecule is Nc1c([N+](=O)[O-])cnc2c(F)c(Br)ncc12. The summed E-state index contributed by atoms with van der Waals surface area (Å²) >= 11 is 2.89. The molecule has 2 aromatic rings. The van der Waals surface area contributed by atoms with Crippen LogP contribution in [0, 0.1) is 15.9 Å². The van der Waals surface area contributed by atoms with Crippen molar-refractivity contribution in [1.82, 2.24) is 9.97 Å². The van der Waals surface area contributed by atoms with Crippen molar-refractivity contribution in [3.05, 3.63) is 32.9 Å². The van der Waals surface area contributed by atoms with Gasteiger partial charge in [0.2, 0.25) is 0 Å². The van der Waals surface area contributed by atoms with Crippen molar-refractivity contribution in [2.24, 2.45) is 0 Å². The highest BCUT2D eigenvalue weighted by molar-refractivity contribution is 9.10. The molecule has 0 aliphatic rings. The molecule has 82 valence electrons. The van der Waals surface area contributed by atoms with Crippen LogP contribution in [0.15, 0.2) is 17.0 Å². The number of pyridine rings is 2. The van der Waals surface area contributed by atoms with Gasteiger partial charge in [0.05, 0.1) is 10.3 Å². The number of nitrogens with two attached hydrogens (primary N) is 1. The summed E-state index contributed by atoms with van der Waals surface area (Å²) in [6.07, 6.45) is 2.16. The minimum atomic E-state index is -0.695. The minimum absolute atomic E-state index is 0.0132. The highest BCUT2D eigenvalue weighted by Gasteiger charge is 2.18. The molecule has 0 aliphatic heterocycles. The maximum absolute atomic E-state index is 13.5. The second-order valence-electron chi connectivity index (χ2n) is 2.94. The third-order valence-electron chi connectivity index (χ3n) is 2.03. The van der Waals surface area contributed by atoms with Crippen molar-refractivity contribution in [1.29, 1.82) is 0 Å². The van der Waals surface area contributed by atoms with Gasteiger partial charge in [-0.25, -0.2) is 14.4 Å². The fourth-order valence-electron chi connectivity index (χ4n) is 1.26. The molecule has 0 unspecified atom stereocenters. The Morgan fingerprint density at radius 2 is 2.12 bits per heavy atom. The zero-order valence-electron chi connectivity index (χ0n) is 7.65. The van der Waals surface area contributed by atoms with Gasteiger partial charge in [-0.3, -0.25) is 10.1 Å². The van der Waals surface area contributed by atoms with Crippen LogP contribution in [0.3, 0.4) is 0 Å². The van der Waals surface area contributed by atoms with E-state index < -0.39 is 10.7 Å². The highest BCUT2D eigenvalue weighted by atomic mass is 79.9. The Hall–Kier alpha value is -1.83. The van der Waals surface area contributed by atoms with E-state index in [0.29, 0.717) is 0 Å². The van der Waals surface area contributed by atoms with Crippen LogP contribution in [0.1, 0.15) is 0 Å². The first-order chi connectivity index (χ1) is 7.52. The lowest BCUT2D eigenvalue weighted by molar-refractivity contribution is -0.384. The van der Waals surface area contributed by atoms with E-state index in [0.717, 1.165) is 6.20 Å². The molecule has 2 heterocycles. The Morgan fingerprint density at radius 3 is 2.75 bits per heavy atom. The number of fused-ring (bicyclic) bond motifs is 1. The predicted octanol–water partition coefficient (Wildman–Crippen LogP) is 2.02. The van der Waals surface area contributed by atoms with Gasteiger partial charge in [0.1, 0.15) is 22.0 Å². The van der Waals surface area contributed by atoms with Crippen LogP contribution in [0.4, 0.5) is 15.8 Å². The summed E-state index contributed by atoms with van der Waals surface area (Å²) in [6, 6.07) is 0. The fraction of sp³-hybridized carbons (Fsp3) is 0. The van der Waals surface area contributed by atoms with Crippen molar-refractivity contribution >= 4 is 38.2 Å². The maximum Gasteiger partial charge on any atom is 0.310 e. The first-order valence-electron chi connectivity index (χ1n) is 4.05. The van der Waals surface area contributed by atoms with Gasteiger partial charge in [-0.2, -0.15) is 0 Å². The Morgan fingerprint density at radius 1 is 1.44 bits per heavy atom. The smallest absolute Gasteiger partial charge is 0.310 e. The molecule has 0 amide bonds. The summed E-state index contributed by atoms with van der Waals surface area (Å²) in [5, 5.41) is 10.7. The van der Waals surface area contributed by atoms with E-state index in [4.69, 9.17) is 5.73 Å². The molecule has 6 nitrogen and oxygen atoms in total. The molecular formula is C8H4BrFN4O2. The maximum atomic E-state index is 13.5. The molecule has 0 bridgehead atoms. The molecule has 2 rings (SSSR count). The summed E-state index contributed by atoms with van der Waals surface area (Å²) in [6.45, 7) is 0. The van der Waals surface area contributed by atoms with Gasteiger partial charge in [-0.05, 0) is 15.9 Å². The van der Waals surface area contributed by atoms with Gasteiger partial charge in [0, 0.05) is 6.20 Å². The minimum Gasteiger partial charge on any atom is -0.393 e. The normalized spacial score (nSPS) is 10.6. The van der Waals surface area contributed by atoms with E-state index in [2.05, 4.69) is 25.9 Å². The van der Waals surface area contributed by atoms with Crippen molar-refractivity contribution in [3.8, 4) is 0 Å². The Bertz CT molecular complexity index is 604. The fourth-order valence-corrected chi connectivity index (χ4v) is 1.55. The summed E-state index contributed by atoms with van der Waals surface area (Å²) in [5.41, 5.74) is 4.97. The molecule has 0 aromatic carbocycles. The van der Waals surface area contributed by atoms with E-state index in [1.165, 1.54) is 6.20 Å². The molecule has 2 aromatic heterocycles. The zero-order chi connectivity index (χ0) is 11.9. The number of nitrogen functional groups attached to an aromatic ring is 1. The number of halogens is 2. The largest absolute Gasteiger partial charge is 0.393 e. The number of aromatic nitrogens is 2. The van der Waals surface area contributed by atoms with Gasteiger partial charge in [-0.15, -0.1) is 0 Å². The van der Waals surface area contributed by atoms with E-state index >= 15 is 0 Å². The zero-order valence-corrected chi connectivity index (χ0v) is 9.23. The Balaban J connectivity index is 2.87. The summed E-state index contributed by atoms with van der Waals surface area (Å²) in [4.78, 5) is 17.2. The van der Waals surface area contributed by atoms with Crippen molar-refractivity contribution < 1.29 is 9.31 Å². The van der Waals surface area contributed by atoms with Gasteiger partial charge in [0.25, 0.3) is 0 Å². The van der Waals surface area contributed by atoms with Gasteiger partial charge >= 0.3 is 5.69 Å². The topological polar surface area (TPSA) is 94.9 Å². The molecule has 0 spiro atoms. The van der Waals surface area contributed by atoms with Gasteiger partial charge in [-0.1, -0.05) is 0 Å². The van der Waals surface area contributed by atoms with E-state index in [1.54, 1.807) is 0 Å². The first-order valence-corrected chi connectivity index (χ1v) is 4.84. The van der Waals surface area contributed by atoms with Crippen LogP contribution in [0.2, 0.25) is 0 Å². The molecule has 0 saturated heterocycles. The van der Waals surface area contributed by atoms with Crippen LogP contribution >= 0.6 is 15.9 Å². The molecular weight excluding hydrogens is 283 g/mol. The number of nitrogens with zero attached hydrogens (tertiary/aromatic N) is 3. The lowest BCUT2D eigenvalue weighted by atomic mass is 10.2. The van der Waals surface area contributed by atoms with Crippen molar-refractivity contribution in [2.45, 2.75) is 0 Å². The third kappa shape index (κ3) is 1.47. The molecule has 16 heavy (non-hydrogen) atoms. The average molecular weight is 287 g/mol. The van der Waals surface area contributed by atoms with Gasteiger partial charge < -0.3 is 5.73 Å². The molecule has 0 aliphatic carbocycles. The Kier molecular flexibility index (Phi) is 2.43. The monoisotopic (exact) mass is 286 g/mol. The molecule has 0 atom stereocenters. The number of anilines is 1. The van der Waals surface area contributed by atoms with Crippen LogP contribution in [0.5, 0.6) is 0 Å². The van der Waals surface area contributed by atoms with E-state index in [1.807, 2.05) is 0 Å². The number of hydrogen-bond acceptors (Lipinski definition) is 5. The molecule has 8 heteroatoms. The van der Waals surface area contributed by atoms with Crippen LogP contribution in [0.25, 0.3) is 10.9 Å². The number of hydrogen-bond donors (Lipinski definition) is 1. The predicted molar refractivity (Wildman–Crippen MR) is 58.3 cm³/mol. The Labute approximate surface area is 96.6 Å². The van der Waals surface area contributed by atoms with E-state index in [-0.39, 0.29) is 26.9 Å². The quantitative estimate of drug-likeness (QED) is 0.492. The average Bonchev–Trinajstić information content (AvgIpc) is 2.23. The second-order valence-corrected chi connectivity index (χ2v) is 3.69. The number of rotatable bonds is 1. The van der Waals surface area contributed by atoms with Crippen LogP contribution in [-0.4, -0.2) is 14.9 Å². The molecule has 0 fully saturated rings.